The van der Waals surface area contributed by atoms with Crippen molar-refractivity contribution < 1.29 is 9.84 Å². The van der Waals surface area contributed by atoms with Gasteiger partial charge in [0.05, 0.1) is 4.90 Å². The van der Waals surface area contributed by atoms with Crippen LogP contribution in [0.15, 0.2) is 53.4 Å². The van der Waals surface area contributed by atoms with E-state index in [-0.39, 0.29) is 11.9 Å². The van der Waals surface area contributed by atoms with E-state index in [0.717, 1.165) is 16.4 Å². The Labute approximate surface area is 104 Å². The number of fused-ring (bicyclic) bond motifs is 1. The molecule has 1 aliphatic rings. The first-order valence-electron chi connectivity index (χ1n) is 5.50. The average molecular weight is 244 g/mol. The van der Waals surface area contributed by atoms with Crippen LogP contribution in [0.2, 0.25) is 0 Å². The van der Waals surface area contributed by atoms with Gasteiger partial charge in [0.25, 0.3) is 0 Å². The number of phenolic OH excluding ortho intramolecular Hbond substituents is 1. The average Bonchev–Trinajstić information content (AvgIpc) is 2.39. The molecule has 2 aromatic carbocycles. The molecule has 2 nitrogen and oxygen atoms in total. The van der Waals surface area contributed by atoms with Crippen molar-refractivity contribution in [3.8, 4) is 11.5 Å². The molecule has 0 unspecified atom stereocenters. The molecule has 2 aromatic rings. The summed E-state index contributed by atoms with van der Waals surface area (Å²) >= 11 is 1.72. The lowest BCUT2D eigenvalue weighted by molar-refractivity contribution is 0.220. The van der Waals surface area contributed by atoms with Crippen LogP contribution in [0.4, 0.5) is 0 Å². The van der Waals surface area contributed by atoms with Gasteiger partial charge in [-0.1, -0.05) is 30.3 Å². The summed E-state index contributed by atoms with van der Waals surface area (Å²) in [7, 11) is 0. The molecule has 3 heteroatoms. The number of hydrogen-bond donors (Lipinski definition) is 1. The summed E-state index contributed by atoms with van der Waals surface area (Å²) in [6.45, 7) is 0. The molecular weight excluding hydrogens is 232 g/mol. The summed E-state index contributed by atoms with van der Waals surface area (Å²) < 4.78 is 5.94. The van der Waals surface area contributed by atoms with E-state index >= 15 is 0 Å². The summed E-state index contributed by atoms with van der Waals surface area (Å²) in [5.74, 6) is 2.02. The van der Waals surface area contributed by atoms with Crippen molar-refractivity contribution in [3.63, 3.8) is 0 Å². The quantitative estimate of drug-likeness (QED) is 0.830. The highest BCUT2D eigenvalue weighted by Gasteiger charge is 2.21. The van der Waals surface area contributed by atoms with Crippen molar-refractivity contribution in [2.24, 2.45) is 0 Å². The molecule has 0 bridgehead atoms. The van der Waals surface area contributed by atoms with Gasteiger partial charge in [0.15, 0.2) is 0 Å². The Morgan fingerprint density at radius 3 is 2.76 bits per heavy atom. The van der Waals surface area contributed by atoms with E-state index in [9.17, 15) is 5.11 Å². The Hall–Kier alpha value is -1.61. The Morgan fingerprint density at radius 1 is 1.12 bits per heavy atom. The Bertz CT molecular complexity index is 525. The highest BCUT2D eigenvalue weighted by atomic mass is 32.2. The third-order valence-corrected chi connectivity index (χ3v) is 3.86. The van der Waals surface area contributed by atoms with Crippen molar-refractivity contribution in [3.05, 3.63) is 54.1 Å². The highest BCUT2D eigenvalue weighted by molar-refractivity contribution is 7.99. The maximum atomic E-state index is 9.40. The minimum absolute atomic E-state index is 0.0956. The van der Waals surface area contributed by atoms with Gasteiger partial charge in [0, 0.05) is 5.75 Å². The van der Waals surface area contributed by atoms with E-state index in [2.05, 4.69) is 12.1 Å². The van der Waals surface area contributed by atoms with E-state index in [1.165, 1.54) is 5.56 Å². The third-order valence-electron chi connectivity index (χ3n) is 2.76. The minimum Gasteiger partial charge on any atom is -0.508 e. The van der Waals surface area contributed by atoms with Crippen molar-refractivity contribution >= 4 is 11.8 Å². The Balaban J connectivity index is 1.88. The molecule has 0 saturated carbocycles. The topological polar surface area (TPSA) is 29.5 Å². The van der Waals surface area contributed by atoms with Gasteiger partial charge in [-0.3, -0.25) is 0 Å². The van der Waals surface area contributed by atoms with Gasteiger partial charge in [-0.2, -0.15) is 0 Å². The van der Waals surface area contributed by atoms with Gasteiger partial charge >= 0.3 is 0 Å². The standard InChI is InChI=1S/C14H12O2S/c15-11-6-7-12-14(8-11)17-9-13(16-12)10-4-2-1-3-5-10/h1-8,13,15H,9H2/t13-/m1/s1. The van der Waals surface area contributed by atoms with Gasteiger partial charge < -0.3 is 9.84 Å². The van der Waals surface area contributed by atoms with Crippen LogP contribution in [0.1, 0.15) is 11.7 Å². The summed E-state index contributed by atoms with van der Waals surface area (Å²) in [5, 5.41) is 9.40. The van der Waals surface area contributed by atoms with Gasteiger partial charge in [-0.15, -0.1) is 11.8 Å². The SMILES string of the molecule is Oc1ccc2c(c1)SC[C@H](c1ccccc1)O2. The normalized spacial score (nSPS) is 18.2. The molecule has 0 radical (unpaired) electrons. The van der Waals surface area contributed by atoms with Crippen LogP contribution >= 0.6 is 11.8 Å². The second-order valence-corrected chi connectivity index (χ2v) is 5.02. The maximum absolute atomic E-state index is 9.40. The number of benzene rings is 2. The zero-order valence-electron chi connectivity index (χ0n) is 9.17. The fourth-order valence-corrected chi connectivity index (χ4v) is 2.95. The van der Waals surface area contributed by atoms with E-state index in [0.29, 0.717) is 0 Å². The molecule has 3 rings (SSSR count). The highest BCUT2D eigenvalue weighted by Crippen LogP contribution is 2.41. The van der Waals surface area contributed by atoms with Crippen LogP contribution in [0, 0.1) is 0 Å². The van der Waals surface area contributed by atoms with Crippen molar-refractivity contribution in [1.29, 1.82) is 0 Å². The Kier molecular flexibility index (Phi) is 2.69. The van der Waals surface area contributed by atoms with Crippen LogP contribution in [0.3, 0.4) is 0 Å². The van der Waals surface area contributed by atoms with Gasteiger partial charge in [0.1, 0.15) is 17.6 Å². The summed E-state index contributed by atoms with van der Waals surface area (Å²) in [6, 6.07) is 15.4. The second-order valence-electron chi connectivity index (χ2n) is 3.96. The molecule has 0 amide bonds. The number of phenols is 1. The van der Waals surface area contributed by atoms with Crippen LogP contribution < -0.4 is 4.74 Å². The van der Waals surface area contributed by atoms with E-state index < -0.39 is 0 Å². The van der Waals surface area contributed by atoms with Gasteiger partial charge in [-0.05, 0) is 23.8 Å². The second kappa shape index (κ2) is 4.34. The summed E-state index contributed by atoms with van der Waals surface area (Å²) in [4.78, 5) is 1.01. The van der Waals surface area contributed by atoms with E-state index in [1.807, 2.05) is 24.3 Å². The number of rotatable bonds is 1. The molecule has 0 saturated heterocycles. The first-order valence-corrected chi connectivity index (χ1v) is 6.49. The number of aromatic hydroxyl groups is 1. The lowest BCUT2D eigenvalue weighted by Gasteiger charge is -2.25. The Morgan fingerprint density at radius 2 is 1.94 bits per heavy atom. The molecule has 0 fully saturated rings. The van der Waals surface area contributed by atoms with Gasteiger partial charge in [0.2, 0.25) is 0 Å². The number of ether oxygens (including phenoxy) is 1. The third kappa shape index (κ3) is 2.11. The minimum atomic E-state index is 0.0956. The first kappa shape index (κ1) is 10.5. The smallest absolute Gasteiger partial charge is 0.134 e. The van der Waals surface area contributed by atoms with Gasteiger partial charge in [-0.25, -0.2) is 0 Å². The maximum Gasteiger partial charge on any atom is 0.134 e. The molecular formula is C14H12O2S. The largest absolute Gasteiger partial charge is 0.508 e. The molecule has 1 heterocycles. The zero-order chi connectivity index (χ0) is 11.7. The fourth-order valence-electron chi connectivity index (χ4n) is 1.89. The molecule has 17 heavy (non-hydrogen) atoms. The number of thioether (sulfide) groups is 1. The molecule has 0 aromatic heterocycles. The fraction of sp³-hybridized carbons (Fsp3) is 0.143. The van der Waals surface area contributed by atoms with Crippen LogP contribution in [0.5, 0.6) is 11.5 Å². The van der Waals surface area contributed by atoms with Crippen molar-refractivity contribution in [2.75, 3.05) is 5.75 Å². The lowest BCUT2D eigenvalue weighted by atomic mass is 10.1. The summed E-state index contributed by atoms with van der Waals surface area (Å²) in [5.41, 5.74) is 1.19. The summed E-state index contributed by atoms with van der Waals surface area (Å²) in [6.07, 6.45) is 0.0956. The van der Waals surface area contributed by atoms with E-state index in [4.69, 9.17) is 4.74 Å². The molecule has 1 aliphatic heterocycles. The molecule has 1 atom stereocenters. The molecule has 0 aliphatic carbocycles. The van der Waals surface area contributed by atoms with Crippen molar-refractivity contribution in [1.82, 2.24) is 0 Å². The van der Waals surface area contributed by atoms with Crippen LogP contribution in [-0.2, 0) is 0 Å². The molecule has 86 valence electrons. The lowest BCUT2D eigenvalue weighted by Crippen LogP contribution is -2.14. The molecule has 0 spiro atoms. The van der Waals surface area contributed by atoms with E-state index in [1.54, 1.807) is 23.9 Å². The predicted octanol–water partition coefficient (Wildman–Crippen LogP) is 3.62. The van der Waals surface area contributed by atoms with Crippen molar-refractivity contribution in [2.45, 2.75) is 11.0 Å². The first-order chi connectivity index (χ1) is 8.33. The monoisotopic (exact) mass is 244 g/mol. The van der Waals surface area contributed by atoms with Crippen LogP contribution in [-0.4, -0.2) is 10.9 Å². The number of hydrogen-bond acceptors (Lipinski definition) is 3. The molecule has 1 N–H and O–H groups in total. The zero-order valence-corrected chi connectivity index (χ0v) is 9.98. The van der Waals surface area contributed by atoms with Crippen LogP contribution in [0.25, 0.3) is 0 Å². The predicted molar refractivity (Wildman–Crippen MR) is 68.6 cm³/mol.